The van der Waals surface area contributed by atoms with Gasteiger partial charge < -0.3 is 10.6 Å². The molecule has 1 aliphatic rings. The summed E-state index contributed by atoms with van der Waals surface area (Å²) in [6.45, 7) is 0. The van der Waals surface area contributed by atoms with Gasteiger partial charge in [0.1, 0.15) is 17.7 Å². The molecule has 0 amide bonds. The molecule has 5 heteroatoms. The molecule has 0 saturated heterocycles. The highest BCUT2D eigenvalue weighted by molar-refractivity contribution is 5.68. The van der Waals surface area contributed by atoms with Crippen LogP contribution in [0.15, 0.2) is 60.7 Å². The Labute approximate surface area is 159 Å². The van der Waals surface area contributed by atoms with E-state index in [4.69, 9.17) is 4.98 Å². The van der Waals surface area contributed by atoms with Gasteiger partial charge in [-0.1, -0.05) is 55.3 Å². The Kier molecular flexibility index (Phi) is 4.97. The van der Waals surface area contributed by atoms with E-state index in [0.29, 0.717) is 23.2 Å². The molecule has 27 heavy (non-hydrogen) atoms. The van der Waals surface area contributed by atoms with Crippen molar-refractivity contribution in [2.24, 2.45) is 0 Å². The topological polar surface area (TPSA) is 73.6 Å². The fraction of sp³-hybridized carbons (Fsp3) is 0.227. The molecule has 1 heterocycles. The van der Waals surface area contributed by atoms with E-state index < -0.39 is 0 Å². The van der Waals surface area contributed by atoms with Gasteiger partial charge in [-0.2, -0.15) is 5.26 Å². The number of nitrogens with zero attached hydrogens (tertiary/aromatic N) is 3. The first-order chi connectivity index (χ1) is 13.3. The quantitative estimate of drug-likeness (QED) is 0.665. The first-order valence-electron chi connectivity index (χ1n) is 9.29. The van der Waals surface area contributed by atoms with Crippen molar-refractivity contribution in [3.63, 3.8) is 0 Å². The first kappa shape index (κ1) is 17.0. The molecular formula is C22H21N5. The van der Waals surface area contributed by atoms with Crippen LogP contribution in [-0.2, 0) is 0 Å². The Hall–Kier alpha value is -3.39. The van der Waals surface area contributed by atoms with Gasteiger partial charge in [0.05, 0.1) is 11.3 Å². The highest BCUT2D eigenvalue weighted by Crippen LogP contribution is 2.27. The van der Waals surface area contributed by atoms with E-state index in [1.807, 2.05) is 54.6 Å². The van der Waals surface area contributed by atoms with Gasteiger partial charge in [0.15, 0.2) is 5.82 Å². The van der Waals surface area contributed by atoms with E-state index in [9.17, 15) is 5.26 Å². The Bertz CT molecular complexity index is 956. The van der Waals surface area contributed by atoms with Crippen molar-refractivity contribution in [1.82, 2.24) is 9.97 Å². The van der Waals surface area contributed by atoms with E-state index in [2.05, 4.69) is 21.7 Å². The second-order valence-electron chi connectivity index (χ2n) is 6.74. The number of nitrogens with one attached hydrogen (secondary N) is 2. The van der Waals surface area contributed by atoms with Gasteiger partial charge >= 0.3 is 0 Å². The lowest BCUT2D eigenvalue weighted by atomic mass is 10.2. The molecule has 4 rings (SSSR count). The summed E-state index contributed by atoms with van der Waals surface area (Å²) < 4.78 is 0. The highest BCUT2D eigenvalue weighted by Gasteiger charge is 2.16. The summed E-state index contributed by atoms with van der Waals surface area (Å²) in [4.78, 5) is 9.40. The average molecular weight is 355 g/mol. The van der Waals surface area contributed by atoms with Crippen molar-refractivity contribution in [2.75, 3.05) is 10.6 Å². The number of para-hydroxylation sites is 1. The summed E-state index contributed by atoms with van der Waals surface area (Å²) in [6, 6.07) is 22.0. The largest absolute Gasteiger partial charge is 0.367 e. The first-order valence-corrected chi connectivity index (χ1v) is 9.29. The third-order valence-electron chi connectivity index (χ3n) is 4.78. The second kappa shape index (κ2) is 7.88. The smallest absolute Gasteiger partial charge is 0.163 e. The van der Waals surface area contributed by atoms with Crippen molar-refractivity contribution in [3.8, 4) is 17.5 Å². The standard InChI is InChI=1S/C22H21N5/c23-15-17-10-4-7-13-19(17)25-21-14-20(24-18-11-5-6-12-18)26-22(27-21)16-8-2-1-3-9-16/h1-4,7-10,13-14,18H,5-6,11-12H2,(H2,24,25,26,27). The zero-order chi connectivity index (χ0) is 18.5. The lowest BCUT2D eigenvalue weighted by Gasteiger charge is -2.15. The number of hydrogen-bond donors (Lipinski definition) is 2. The van der Waals surface area contributed by atoms with Crippen LogP contribution < -0.4 is 10.6 Å². The second-order valence-corrected chi connectivity index (χ2v) is 6.74. The van der Waals surface area contributed by atoms with Crippen molar-refractivity contribution in [3.05, 3.63) is 66.2 Å². The zero-order valence-corrected chi connectivity index (χ0v) is 15.0. The molecule has 1 fully saturated rings. The summed E-state index contributed by atoms with van der Waals surface area (Å²) in [5.41, 5.74) is 2.29. The number of anilines is 3. The van der Waals surface area contributed by atoms with Crippen LogP contribution in [0.2, 0.25) is 0 Å². The highest BCUT2D eigenvalue weighted by atomic mass is 15.1. The van der Waals surface area contributed by atoms with Crippen LogP contribution in [0, 0.1) is 11.3 Å². The third kappa shape index (κ3) is 4.06. The normalized spacial score (nSPS) is 13.9. The zero-order valence-electron chi connectivity index (χ0n) is 15.0. The van der Waals surface area contributed by atoms with Crippen LogP contribution in [0.25, 0.3) is 11.4 Å². The van der Waals surface area contributed by atoms with Gasteiger partial charge in [0.2, 0.25) is 0 Å². The molecule has 3 aromatic rings. The van der Waals surface area contributed by atoms with Crippen LogP contribution in [0.1, 0.15) is 31.2 Å². The maximum atomic E-state index is 9.34. The maximum Gasteiger partial charge on any atom is 0.163 e. The SMILES string of the molecule is N#Cc1ccccc1Nc1cc(NC2CCCC2)nc(-c2ccccc2)n1. The molecule has 5 nitrogen and oxygen atoms in total. The van der Waals surface area contributed by atoms with Crippen molar-refractivity contribution in [2.45, 2.75) is 31.7 Å². The van der Waals surface area contributed by atoms with Crippen LogP contribution in [0.4, 0.5) is 17.3 Å². The van der Waals surface area contributed by atoms with Gasteiger partial charge in [-0.05, 0) is 25.0 Å². The minimum absolute atomic E-state index is 0.461. The number of rotatable bonds is 5. The number of hydrogen-bond acceptors (Lipinski definition) is 5. The summed E-state index contributed by atoms with van der Waals surface area (Å²) in [5, 5.41) is 16.2. The van der Waals surface area contributed by atoms with Crippen LogP contribution in [-0.4, -0.2) is 16.0 Å². The maximum absolute atomic E-state index is 9.34. The van der Waals surface area contributed by atoms with Crippen molar-refractivity contribution in [1.29, 1.82) is 5.26 Å². The molecule has 0 radical (unpaired) electrons. The van der Waals surface area contributed by atoms with Crippen LogP contribution in [0.3, 0.4) is 0 Å². The monoisotopic (exact) mass is 355 g/mol. The van der Waals surface area contributed by atoms with Gasteiger partial charge in [0, 0.05) is 17.7 Å². The predicted octanol–water partition coefficient (Wildman–Crippen LogP) is 5.11. The van der Waals surface area contributed by atoms with Gasteiger partial charge in [-0.25, -0.2) is 9.97 Å². The molecule has 0 unspecified atom stereocenters. The van der Waals surface area contributed by atoms with E-state index in [-0.39, 0.29) is 0 Å². The summed E-state index contributed by atoms with van der Waals surface area (Å²) in [7, 11) is 0. The molecule has 0 spiro atoms. The fourth-order valence-corrected chi connectivity index (χ4v) is 3.41. The predicted molar refractivity (Wildman–Crippen MR) is 108 cm³/mol. The summed E-state index contributed by atoms with van der Waals surface area (Å²) >= 11 is 0. The molecule has 0 atom stereocenters. The Morgan fingerprint density at radius 2 is 1.59 bits per heavy atom. The molecule has 0 bridgehead atoms. The molecule has 0 aliphatic heterocycles. The van der Waals surface area contributed by atoms with Crippen molar-refractivity contribution < 1.29 is 0 Å². The minimum atomic E-state index is 0.461. The Morgan fingerprint density at radius 3 is 2.37 bits per heavy atom. The summed E-state index contributed by atoms with van der Waals surface area (Å²) in [5.74, 6) is 2.15. The third-order valence-corrected chi connectivity index (χ3v) is 4.78. The van der Waals surface area contributed by atoms with E-state index in [1.165, 1.54) is 25.7 Å². The number of nitriles is 1. The number of aromatic nitrogens is 2. The molecular weight excluding hydrogens is 334 g/mol. The van der Waals surface area contributed by atoms with Gasteiger partial charge in [0.25, 0.3) is 0 Å². The minimum Gasteiger partial charge on any atom is -0.367 e. The lowest BCUT2D eigenvalue weighted by molar-refractivity contribution is 0.750. The van der Waals surface area contributed by atoms with E-state index >= 15 is 0 Å². The lowest BCUT2D eigenvalue weighted by Crippen LogP contribution is -2.16. The van der Waals surface area contributed by atoms with Gasteiger partial charge in [-0.15, -0.1) is 0 Å². The van der Waals surface area contributed by atoms with Crippen molar-refractivity contribution >= 4 is 17.3 Å². The number of benzene rings is 2. The van der Waals surface area contributed by atoms with E-state index in [0.717, 1.165) is 17.1 Å². The van der Waals surface area contributed by atoms with Crippen LogP contribution in [0.5, 0.6) is 0 Å². The molecule has 2 aromatic carbocycles. The molecule has 1 saturated carbocycles. The fourth-order valence-electron chi connectivity index (χ4n) is 3.41. The van der Waals surface area contributed by atoms with Gasteiger partial charge in [-0.3, -0.25) is 0 Å². The summed E-state index contributed by atoms with van der Waals surface area (Å²) in [6.07, 6.45) is 4.86. The Morgan fingerprint density at radius 1 is 0.889 bits per heavy atom. The molecule has 1 aliphatic carbocycles. The van der Waals surface area contributed by atoms with E-state index in [1.54, 1.807) is 6.07 Å². The molecule has 2 N–H and O–H groups in total. The molecule has 134 valence electrons. The molecule has 1 aromatic heterocycles. The Balaban J connectivity index is 1.70. The average Bonchev–Trinajstić information content (AvgIpc) is 3.22. The van der Waals surface area contributed by atoms with Crippen LogP contribution >= 0.6 is 0 Å².